The molecule has 3 rings (SSSR count). The number of amides is 1. The third-order valence-electron chi connectivity index (χ3n) is 3.27. The van der Waals surface area contributed by atoms with Crippen molar-refractivity contribution < 1.29 is 9.21 Å². The van der Waals surface area contributed by atoms with Gasteiger partial charge in [0.1, 0.15) is 0 Å². The van der Waals surface area contributed by atoms with Gasteiger partial charge in [-0.2, -0.15) is 0 Å². The highest BCUT2D eigenvalue weighted by atomic mass is 35.5. The smallest absolute Gasteiger partial charge is 0.293 e. The molecule has 2 heterocycles. The summed E-state index contributed by atoms with van der Waals surface area (Å²) in [6.07, 6.45) is 4.21. The van der Waals surface area contributed by atoms with Crippen LogP contribution in [0.3, 0.4) is 0 Å². The van der Waals surface area contributed by atoms with Crippen LogP contribution in [0.5, 0.6) is 0 Å². The first-order valence-corrected chi connectivity index (χ1v) is 7.04. The fourth-order valence-corrected chi connectivity index (χ4v) is 3.31. The minimum atomic E-state index is -0.252. The average Bonchev–Trinajstić information content (AvgIpc) is 2.94. The Kier molecular flexibility index (Phi) is 4.47. The monoisotopic (exact) mass is 313 g/mol. The number of aromatic nitrogens is 1. The number of aryl methyl sites for hydroxylation is 2. The Morgan fingerprint density at radius 2 is 2.40 bits per heavy atom. The number of thiazole rings is 1. The van der Waals surface area contributed by atoms with Crippen molar-refractivity contribution in [1.82, 2.24) is 4.98 Å². The van der Waals surface area contributed by atoms with Gasteiger partial charge in [0.25, 0.3) is 5.91 Å². The Hall–Kier alpha value is -1.37. The van der Waals surface area contributed by atoms with Gasteiger partial charge in [-0.3, -0.25) is 10.1 Å². The van der Waals surface area contributed by atoms with Gasteiger partial charge < -0.3 is 10.2 Å². The summed E-state index contributed by atoms with van der Waals surface area (Å²) in [7, 11) is 0. The third-order valence-corrected chi connectivity index (χ3v) is 4.30. The van der Waals surface area contributed by atoms with E-state index in [1.165, 1.54) is 22.5 Å². The van der Waals surface area contributed by atoms with E-state index in [-0.39, 0.29) is 24.4 Å². The summed E-state index contributed by atoms with van der Waals surface area (Å²) in [5.41, 5.74) is 7.82. The number of hydrogen-bond donors (Lipinski definition) is 2. The molecule has 0 bridgehead atoms. The van der Waals surface area contributed by atoms with Crippen LogP contribution in [-0.2, 0) is 12.8 Å². The van der Waals surface area contributed by atoms with Gasteiger partial charge in [0.2, 0.25) is 0 Å². The molecule has 5 nitrogen and oxygen atoms in total. The molecule has 108 valence electrons. The molecule has 1 amide bonds. The Labute approximate surface area is 127 Å². The number of hydrogen-bond acceptors (Lipinski definition) is 5. The summed E-state index contributed by atoms with van der Waals surface area (Å²) in [5.74, 6) is 0.0859. The van der Waals surface area contributed by atoms with Crippen LogP contribution in [0.1, 0.15) is 33.1 Å². The van der Waals surface area contributed by atoms with Crippen molar-refractivity contribution in [2.45, 2.75) is 32.2 Å². The van der Waals surface area contributed by atoms with Crippen LogP contribution in [0.15, 0.2) is 16.7 Å². The number of fused-ring (bicyclic) bond motifs is 1. The fraction of sp³-hybridized carbons (Fsp3) is 0.385. The molecule has 0 unspecified atom stereocenters. The van der Waals surface area contributed by atoms with E-state index < -0.39 is 0 Å². The van der Waals surface area contributed by atoms with E-state index in [0.717, 1.165) is 30.5 Å². The third kappa shape index (κ3) is 2.87. The number of carbonyl (C=O) groups excluding carboxylic acids is 1. The minimum Gasteiger partial charge on any atom is -0.459 e. The van der Waals surface area contributed by atoms with Crippen LogP contribution in [0.2, 0.25) is 0 Å². The molecule has 2 aromatic heterocycles. The zero-order chi connectivity index (χ0) is 13.4. The predicted octanol–water partition coefficient (Wildman–Crippen LogP) is 2.53. The Morgan fingerprint density at radius 3 is 3.10 bits per heavy atom. The van der Waals surface area contributed by atoms with Gasteiger partial charge in [-0.05, 0) is 32.3 Å². The molecule has 0 aromatic carbocycles. The average molecular weight is 314 g/mol. The van der Waals surface area contributed by atoms with Crippen LogP contribution < -0.4 is 11.1 Å². The van der Waals surface area contributed by atoms with Crippen LogP contribution >= 0.6 is 23.7 Å². The maximum atomic E-state index is 12.0. The van der Waals surface area contributed by atoms with E-state index in [9.17, 15) is 4.79 Å². The summed E-state index contributed by atoms with van der Waals surface area (Å²) in [6, 6.07) is 1.98. The highest BCUT2D eigenvalue weighted by Crippen LogP contribution is 2.29. The molecule has 20 heavy (non-hydrogen) atoms. The molecule has 2 aromatic rings. The molecular formula is C13H16ClN3O2S. The van der Waals surface area contributed by atoms with Crippen LogP contribution in [0.25, 0.3) is 0 Å². The van der Waals surface area contributed by atoms with Gasteiger partial charge in [0.15, 0.2) is 10.9 Å². The van der Waals surface area contributed by atoms with E-state index in [2.05, 4.69) is 10.3 Å². The first-order chi connectivity index (χ1) is 9.13. The second-order valence-corrected chi connectivity index (χ2v) is 5.86. The number of nitrogens with two attached hydrogens (primary N) is 1. The number of furan rings is 1. The van der Waals surface area contributed by atoms with E-state index in [4.69, 9.17) is 10.2 Å². The van der Waals surface area contributed by atoms with Crippen LogP contribution in [0.4, 0.5) is 5.13 Å². The summed E-state index contributed by atoms with van der Waals surface area (Å²) in [5, 5.41) is 3.42. The second kappa shape index (κ2) is 5.95. The quantitative estimate of drug-likeness (QED) is 0.892. The number of carbonyl (C=O) groups is 1. The van der Waals surface area contributed by atoms with Gasteiger partial charge in [-0.15, -0.1) is 23.7 Å². The normalized spacial score (nSPS) is 17.2. The molecular weight excluding hydrogens is 298 g/mol. The molecule has 0 aliphatic heterocycles. The van der Waals surface area contributed by atoms with E-state index >= 15 is 0 Å². The van der Waals surface area contributed by atoms with Crippen molar-refractivity contribution in [2.24, 2.45) is 5.73 Å². The summed E-state index contributed by atoms with van der Waals surface area (Å²) >= 11 is 1.51. The molecule has 0 saturated heterocycles. The lowest BCUT2D eigenvalue weighted by molar-refractivity contribution is 0.0996. The standard InChI is InChI=1S/C13H15N3O2S.ClH/c1-7-4-5-18-11(7)12(17)16-13-15-9-3-2-8(14)6-10(9)19-13;/h4-5,8H,2-3,6,14H2,1H3,(H,15,16,17);1H/t8-;/m0./s1. The van der Waals surface area contributed by atoms with Crippen LogP contribution in [-0.4, -0.2) is 16.9 Å². The van der Waals surface area contributed by atoms with Gasteiger partial charge >= 0.3 is 0 Å². The topological polar surface area (TPSA) is 81.2 Å². The Balaban J connectivity index is 0.00000147. The molecule has 0 saturated carbocycles. The predicted molar refractivity (Wildman–Crippen MR) is 80.8 cm³/mol. The van der Waals surface area contributed by atoms with E-state index in [1.54, 1.807) is 6.07 Å². The van der Waals surface area contributed by atoms with Crippen molar-refractivity contribution >= 4 is 34.8 Å². The van der Waals surface area contributed by atoms with Crippen molar-refractivity contribution in [3.8, 4) is 0 Å². The number of halogens is 1. The van der Waals surface area contributed by atoms with Gasteiger partial charge in [0.05, 0.1) is 12.0 Å². The molecule has 3 N–H and O–H groups in total. The molecule has 0 radical (unpaired) electrons. The largest absolute Gasteiger partial charge is 0.459 e. The Bertz CT molecular complexity index is 623. The molecule has 7 heteroatoms. The second-order valence-electron chi connectivity index (χ2n) is 4.78. The van der Waals surface area contributed by atoms with Crippen molar-refractivity contribution in [2.75, 3.05) is 5.32 Å². The molecule has 1 aliphatic carbocycles. The van der Waals surface area contributed by atoms with E-state index in [1.807, 2.05) is 6.92 Å². The lowest BCUT2D eigenvalue weighted by atomic mass is 9.99. The maximum absolute atomic E-state index is 12.0. The fourth-order valence-electron chi connectivity index (χ4n) is 2.21. The highest BCUT2D eigenvalue weighted by Gasteiger charge is 2.21. The van der Waals surface area contributed by atoms with Gasteiger partial charge in [0, 0.05) is 16.5 Å². The first kappa shape index (κ1) is 15.0. The number of nitrogens with zero attached hydrogens (tertiary/aromatic N) is 1. The number of nitrogens with one attached hydrogen (secondary N) is 1. The Morgan fingerprint density at radius 1 is 1.60 bits per heavy atom. The van der Waals surface area contributed by atoms with Gasteiger partial charge in [-0.25, -0.2) is 4.98 Å². The molecule has 0 spiro atoms. The van der Waals surface area contributed by atoms with Crippen LogP contribution in [0, 0.1) is 6.92 Å². The SMILES string of the molecule is Cc1ccoc1C(=O)Nc1nc2c(s1)C[C@@H](N)CC2.Cl. The summed E-state index contributed by atoms with van der Waals surface area (Å²) in [4.78, 5) is 17.6. The zero-order valence-electron chi connectivity index (χ0n) is 11.0. The number of rotatable bonds is 2. The highest BCUT2D eigenvalue weighted by molar-refractivity contribution is 7.15. The summed E-state index contributed by atoms with van der Waals surface area (Å²) in [6.45, 7) is 1.84. The number of anilines is 1. The maximum Gasteiger partial charge on any atom is 0.293 e. The molecule has 1 aliphatic rings. The van der Waals surface area contributed by atoms with Crippen molar-refractivity contribution in [3.05, 3.63) is 34.2 Å². The first-order valence-electron chi connectivity index (χ1n) is 6.23. The van der Waals surface area contributed by atoms with Crippen molar-refractivity contribution in [3.63, 3.8) is 0 Å². The van der Waals surface area contributed by atoms with E-state index in [0.29, 0.717) is 10.9 Å². The molecule has 1 atom stereocenters. The zero-order valence-corrected chi connectivity index (χ0v) is 12.6. The minimum absolute atomic E-state index is 0. The lowest BCUT2D eigenvalue weighted by Crippen LogP contribution is -2.27. The summed E-state index contributed by atoms with van der Waals surface area (Å²) < 4.78 is 5.16. The molecule has 0 fully saturated rings. The lowest BCUT2D eigenvalue weighted by Gasteiger charge is -2.15. The van der Waals surface area contributed by atoms with Gasteiger partial charge in [-0.1, -0.05) is 0 Å². The van der Waals surface area contributed by atoms with Crippen molar-refractivity contribution in [1.29, 1.82) is 0 Å².